The van der Waals surface area contributed by atoms with Crippen molar-refractivity contribution in [1.82, 2.24) is 4.90 Å². The lowest BCUT2D eigenvalue weighted by Crippen LogP contribution is -2.37. The standard InChI is InChI=1S/C17H24FNO/c1-13-7-9-19(10-8-13)12-14(2)17(20)16-5-3-15(11-18)4-6-16/h3-6,13-14H,7-12H2,1-2H3. The fourth-order valence-electron chi connectivity index (χ4n) is 2.76. The maximum atomic E-state index is 12.5. The van der Waals surface area contributed by atoms with Gasteiger partial charge in [0.25, 0.3) is 0 Å². The lowest BCUT2D eigenvalue weighted by molar-refractivity contribution is 0.0873. The van der Waals surface area contributed by atoms with Gasteiger partial charge >= 0.3 is 0 Å². The Kier molecular flexibility index (Phi) is 5.30. The Balaban J connectivity index is 1.90. The summed E-state index contributed by atoms with van der Waals surface area (Å²) in [6.07, 6.45) is 2.46. The lowest BCUT2D eigenvalue weighted by Gasteiger charge is -2.31. The summed E-state index contributed by atoms with van der Waals surface area (Å²) in [5.41, 5.74) is 1.32. The molecule has 1 saturated heterocycles. The van der Waals surface area contributed by atoms with Crippen LogP contribution in [0.5, 0.6) is 0 Å². The predicted molar refractivity (Wildman–Crippen MR) is 79.6 cm³/mol. The number of hydrogen-bond acceptors (Lipinski definition) is 2. The molecule has 3 heteroatoms. The van der Waals surface area contributed by atoms with Crippen LogP contribution in [-0.4, -0.2) is 30.3 Å². The van der Waals surface area contributed by atoms with Crippen molar-refractivity contribution >= 4 is 5.78 Å². The zero-order valence-corrected chi connectivity index (χ0v) is 12.4. The maximum Gasteiger partial charge on any atom is 0.166 e. The van der Waals surface area contributed by atoms with Crippen LogP contribution in [0.3, 0.4) is 0 Å². The highest BCUT2D eigenvalue weighted by atomic mass is 19.1. The first kappa shape index (κ1) is 15.2. The molecule has 110 valence electrons. The number of ketones is 1. The minimum Gasteiger partial charge on any atom is -0.303 e. The van der Waals surface area contributed by atoms with Gasteiger partial charge in [-0.15, -0.1) is 0 Å². The topological polar surface area (TPSA) is 20.3 Å². The molecule has 20 heavy (non-hydrogen) atoms. The predicted octanol–water partition coefficient (Wildman–Crippen LogP) is 3.71. The largest absolute Gasteiger partial charge is 0.303 e. The van der Waals surface area contributed by atoms with Crippen LogP contribution in [0.25, 0.3) is 0 Å². The van der Waals surface area contributed by atoms with E-state index in [0.29, 0.717) is 11.1 Å². The van der Waals surface area contributed by atoms with Crippen LogP contribution in [0.2, 0.25) is 0 Å². The summed E-state index contributed by atoms with van der Waals surface area (Å²) in [5, 5.41) is 0. The number of hydrogen-bond donors (Lipinski definition) is 0. The summed E-state index contributed by atoms with van der Waals surface area (Å²) in [7, 11) is 0. The molecule has 1 heterocycles. The van der Waals surface area contributed by atoms with E-state index in [1.54, 1.807) is 24.3 Å². The Morgan fingerprint density at radius 3 is 2.45 bits per heavy atom. The molecule has 0 radical (unpaired) electrons. The monoisotopic (exact) mass is 277 g/mol. The van der Waals surface area contributed by atoms with E-state index in [4.69, 9.17) is 0 Å². The van der Waals surface area contributed by atoms with Crippen LogP contribution in [-0.2, 0) is 6.67 Å². The third kappa shape index (κ3) is 3.89. The van der Waals surface area contributed by atoms with Crippen LogP contribution in [0.1, 0.15) is 42.6 Å². The number of alkyl halides is 1. The van der Waals surface area contributed by atoms with Gasteiger partial charge in [0.2, 0.25) is 0 Å². The Labute approximate surface area is 121 Å². The summed E-state index contributed by atoms with van der Waals surface area (Å²) in [5.74, 6) is 0.971. The van der Waals surface area contributed by atoms with E-state index in [-0.39, 0.29) is 11.7 Å². The van der Waals surface area contributed by atoms with Gasteiger partial charge in [0, 0.05) is 18.0 Å². The molecule has 1 unspecified atom stereocenters. The molecule has 2 nitrogen and oxygen atoms in total. The molecule has 1 aliphatic rings. The fraction of sp³-hybridized carbons (Fsp3) is 0.588. The van der Waals surface area contributed by atoms with Crippen LogP contribution in [0.4, 0.5) is 4.39 Å². The number of Topliss-reactive ketones (excluding diaryl/α,β-unsaturated/α-hetero) is 1. The number of likely N-dealkylation sites (tertiary alicyclic amines) is 1. The molecular formula is C17H24FNO. The normalized spacial score (nSPS) is 18.9. The zero-order chi connectivity index (χ0) is 14.5. The number of halogens is 1. The van der Waals surface area contributed by atoms with E-state index < -0.39 is 6.67 Å². The van der Waals surface area contributed by atoms with Gasteiger partial charge in [-0.1, -0.05) is 38.1 Å². The highest BCUT2D eigenvalue weighted by Gasteiger charge is 2.21. The molecular weight excluding hydrogens is 253 g/mol. The van der Waals surface area contributed by atoms with Crippen LogP contribution in [0.15, 0.2) is 24.3 Å². The second-order valence-corrected chi connectivity index (χ2v) is 6.08. The first-order valence-electron chi connectivity index (χ1n) is 7.51. The second-order valence-electron chi connectivity index (χ2n) is 6.08. The highest BCUT2D eigenvalue weighted by Crippen LogP contribution is 2.18. The van der Waals surface area contributed by atoms with Gasteiger partial charge in [-0.2, -0.15) is 0 Å². The Hall–Kier alpha value is -1.22. The first-order valence-corrected chi connectivity index (χ1v) is 7.51. The highest BCUT2D eigenvalue weighted by molar-refractivity contribution is 5.97. The molecule has 2 rings (SSSR count). The number of piperidine rings is 1. The van der Waals surface area contributed by atoms with Gasteiger partial charge in [-0.05, 0) is 37.4 Å². The molecule has 1 fully saturated rings. The van der Waals surface area contributed by atoms with Gasteiger partial charge in [-0.25, -0.2) is 4.39 Å². The maximum absolute atomic E-state index is 12.5. The number of carbonyl (C=O) groups excluding carboxylic acids is 1. The van der Waals surface area contributed by atoms with E-state index in [2.05, 4.69) is 11.8 Å². The first-order chi connectivity index (χ1) is 9.60. The molecule has 1 aliphatic heterocycles. The molecule has 1 aromatic rings. The third-order valence-electron chi connectivity index (χ3n) is 4.25. The Bertz CT molecular complexity index is 435. The molecule has 0 bridgehead atoms. The number of benzene rings is 1. The zero-order valence-electron chi connectivity index (χ0n) is 12.4. The van der Waals surface area contributed by atoms with Crippen molar-refractivity contribution in [2.24, 2.45) is 11.8 Å². The number of carbonyl (C=O) groups is 1. The quantitative estimate of drug-likeness (QED) is 0.765. The van der Waals surface area contributed by atoms with Gasteiger partial charge in [0.15, 0.2) is 5.78 Å². The summed E-state index contributed by atoms with van der Waals surface area (Å²) >= 11 is 0. The van der Waals surface area contributed by atoms with Gasteiger partial charge in [-0.3, -0.25) is 4.79 Å². The van der Waals surface area contributed by atoms with E-state index in [9.17, 15) is 9.18 Å². The van der Waals surface area contributed by atoms with Crippen molar-refractivity contribution in [2.75, 3.05) is 19.6 Å². The molecule has 0 amide bonds. The number of rotatable bonds is 5. The minimum absolute atomic E-state index is 0.000340. The minimum atomic E-state index is -0.476. The van der Waals surface area contributed by atoms with Gasteiger partial charge < -0.3 is 4.90 Å². The van der Waals surface area contributed by atoms with Crippen molar-refractivity contribution < 1.29 is 9.18 Å². The summed E-state index contributed by atoms with van der Waals surface area (Å²) in [4.78, 5) is 14.7. The van der Waals surface area contributed by atoms with Crippen molar-refractivity contribution in [2.45, 2.75) is 33.4 Å². The fourth-order valence-corrected chi connectivity index (χ4v) is 2.76. The second kappa shape index (κ2) is 6.98. The molecule has 1 atom stereocenters. The van der Waals surface area contributed by atoms with Crippen molar-refractivity contribution in [3.63, 3.8) is 0 Å². The molecule has 0 spiro atoms. The van der Waals surface area contributed by atoms with E-state index >= 15 is 0 Å². The average molecular weight is 277 g/mol. The average Bonchev–Trinajstić information content (AvgIpc) is 2.49. The molecule has 0 aliphatic carbocycles. The van der Waals surface area contributed by atoms with E-state index in [1.807, 2.05) is 6.92 Å². The molecule has 0 aromatic heterocycles. The number of nitrogens with zero attached hydrogens (tertiary/aromatic N) is 1. The summed E-state index contributed by atoms with van der Waals surface area (Å²) < 4.78 is 12.5. The summed E-state index contributed by atoms with van der Waals surface area (Å²) in [6.45, 7) is 6.83. The third-order valence-corrected chi connectivity index (χ3v) is 4.25. The van der Waals surface area contributed by atoms with Gasteiger partial charge in [0.1, 0.15) is 6.67 Å². The molecule has 0 N–H and O–H groups in total. The SMILES string of the molecule is CC1CCN(CC(C)C(=O)c2ccc(CF)cc2)CC1. The molecule has 0 saturated carbocycles. The summed E-state index contributed by atoms with van der Waals surface area (Å²) in [6, 6.07) is 6.88. The Morgan fingerprint density at radius 2 is 1.90 bits per heavy atom. The van der Waals surface area contributed by atoms with E-state index in [1.165, 1.54) is 12.8 Å². The van der Waals surface area contributed by atoms with E-state index in [0.717, 1.165) is 25.6 Å². The molecule has 1 aromatic carbocycles. The van der Waals surface area contributed by atoms with Crippen molar-refractivity contribution in [1.29, 1.82) is 0 Å². The van der Waals surface area contributed by atoms with Crippen LogP contribution >= 0.6 is 0 Å². The van der Waals surface area contributed by atoms with Crippen molar-refractivity contribution in [3.8, 4) is 0 Å². The Morgan fingerprint density at radius 1 is 1.30 bits per heavy atom. The smallest absolute Gasteiger partial charge is 0.166 e. The lowest BCUT2D eigenvalue weighted by atomic mass is 9.95. The van der Waals surface area contributed by atoms with Crippen LogP contribution in [0, 0.1) is 11.8 Å². The van der Waals surface area contributed by atoms with Gasteiger partial charge in [0.05, 0.1) is 0 Å². The van der Waals surface area contributed by atoms with Crippen LogP contribution < -0.4 is 0 Å². The van der Waals surface area contributed by atoms with Crippen molar-refractivity contribution in [3.05, 3.63) is 35.4 Å².